The number of ether oxygens (including phenoxy) is 2. The summed E-state index contributed by atoms with van der Waals surface area (Å²) in [5.74, 6) is -1.04. The topological polar surface area (TPSA) is 195 Å². The summed E-state index contributed by atoms with van der Waals surface area (Å²) in [6.45, 7) is 1.74. The van der Waals surface area contributed by atoms with Crippen molar-refractivity contribution in [2.75, 3.05) is 26.4 Å². The molecule has 336 valence electrons. The Bertz CT molecular complexity index is 1110. The van der Waals surface area contributed by atoms with E-state index in [1.54, 1.807) is 0 Å². The van der Waals surface area contributed by atoms with Crippen molar-refractivity contribution in [3.63, 3.8) is 0 Å². The van der Waals surface area contributed by atoms with Crippen molar-refractivity contribution in [1.29, 1.82) is 0 Å². The summed E-state index contributed by atoms with van der Waals surface area (Å²) in [5.41, 5.74) is 0. The first-order chi connectivity index (χ1) is 27.4. The summed E-state index contributed by atoms with van der Waals surface area (Å²) in [5, 5.41) is 9.74. The van der Waals surface area contributed by atoms with E-state index in [0.717, 1.165) is 64.2 Å². The lowest BCUT2D eigenvalue weighted by atomic mass is 10.0. The van der Waals surface area contributed by atoms with Crippen molar-refractivity contribution >= 4 is 27.6 Å². The summed E-state index contributed by atoms with van der Waals surface area (Å²) >= 11 is 0. The Balaban J connectivity index is 4.52. The van der Waals surface area contributed by atoms with Crippen LogP contribution >= 0.6 is 15.6 Å². The molecule has 15 heteroatoms. The van der Waals surface area contributed by atoms with E-state index in [2.05, 4.69) is 47.2 Å². The number of hydrogen-bond donors (Lipinski definition) is 4. The number of unbranched alkanes of at least 4 members (excludes halogenated alkanes) is 22. The first kappa shape index (κ1) is 55.6. The Kier molecular flexibility index (Phi) is 37.8. The summed E-state index contributed by atoms with van der Waals surface area (Å²) in [6, 6.07) is 0. The highest BCUT2D eigenvalue weighted by Crippen LogP contribution is 2.43. The van der Waals surface area contributed by atoms with Gasteiger partial charge in [0.1, 0.15) is 12.7 Å². The second-order valence-electron chi connectivity index (χ2n) is 15.0. The smallest absolute Gasteiger partial charge is 0.462 e. The Labute approximate surface area is 344 Å². The van der Waals surface area contributed by atoms with Crippen molar-refractivity contribution in [2.24, 2.45) is 0 Å². The second kappa shape index (κ2) is 38.8. The Morgan fingerprint density at radius 2 is 0.912 bits per heavy atom. The van der Waals surface area contributed by atoms with Gasteiger partial charge in [0.2, 0.25) is 0 Å². The van der Waals surface area contributed by atoms with Crippen molar-refractivity contribution in [1.82, 2.24) is 0 Å². The summed E-state index contributed by atoms with van der Waals surface area (Å²) in [7, 11) is -9.67. The van der Waals surface area contributed by atoms with Crippen molar-refractivity contribution < 1.29 is 61.6 Å². The highest BCUT2D eigenvalue weighted by molar-refractivity contribution is 7.47. The van der Waals surface area contributed by atoms with Crippen LogP contribution in [-0.4, -0.2) is 70.4 Å². The van der Waals surface area contributed by atoms with Gasteiger partial charge in [-0.05, 0) is 44.9 Å². The number of phosphoric ester groups is 2. The van der Waals surface area contributed by atoms with E-state index in [1.807, 2.05) is 0 Å². The molecule has 1 unspecified atom stereocenters. The van der Waals surface area contributed by atoms with Crippen LogP contribution in [0.2, 0.25) is 0 Å². The van der Waals surface area contributed by atoms with Crippen LogP contribution in [0.15, 0.2) is 24.3 Å². The van der Waals surface area contributed by atoms with Crippen LogP contribution in [0, 0.1) is 0 Å². The average molecular weight is 855 g/mol. The molecule has 0 aliphatic rings. The number of carbonyl (C=O) groups excluding carboxylic acids is 2. The lowest BCUT2D eigenvalue weighted by Crippen LogP contribution is -2.30. The standard InChI is InChI=1S/C42H80O13P2/c1-3-5-7-9-11-13-15-17-19-21-23-25-27-29-31-33-41(44)51-37-40(38-54-57(49,50)53-36-39(43)35-52-56(46,47)48)55-42(45)34-32-30-28-26-24-22-20-18-16-14-12-10-8-6-4-2/h12,14,18,20,39-40,43H,3-11,13,15-17,19,21-38H2,1-2H3,(H,49,50)(H2,46,47,48)/b14-12-,20-18-/t39-,40+/m0/s1. The predicted octanol–water partition coefficient (Wildman–Crippen LogP) is 11.1. The number of aliphatic hydroxyl groups is 1. The van der Waals surface area contributed by atoms with Gasteiger partial charge >= 0.3 is 27.6 Å². The Morgan fingerprint density at radius 3 is 1.42 bits per heavy atom. The zero-order valence-electron chi connectivity index (χ0n) is 35.4. The Morgan fingerprint density at radius 1 is 0.509 bits per heavy atom. The number of hydrogen-bond acceptors (Lipinski definition) is 10. The van der Waals surface area contributed by atoms with Crippen molar-refractivity contribution in [3.8, 4) is 0 Å². The molecule has 0 aromatic rings. The maximum absolute atomic E-state index is 12.6. The molecular formula is C42H80O13P2. The van der Waals surface area contributed by atoms with Crippen LogP contribution in [0.1, 0.15) is 194 Å². The molecule has 0 fully saturated rings. The molecule has 0 radical (unpaired) electrons. The van der Waals surface area contributed by atoms with Crippen LogP contribution in [0.5, 0.6) is 0 Å². The van der Waals surface area contributed by atoms with Gasteiger partial charge in [0.15, 0.2) is 6.10 Å². The molecule has 0 aliphatic heterocycles. The molecule has 0 saturated carbocycles. The molecule has 4 N–H and O–H groups in total. The molecular weight excluding hydrogens is 774 g/mol. The molecule has 0 bridgehead atoms. The third kappa shape index (κ3) is 42.5. The molecule has 0 heterocycles. The third-order valence-corrected chi connectivity index (χ3v) is 10.8. The largest absolute Gasteiger partial charge is 0.472 e. The van der Waals surface area contributed by atoms with E-state index in [-0.39, 0.29) is 19.4 Å². The van der Waals surface area contributed by atoms with Gasteiger partial charge < -0.3 is 29.3 Å². The second-order valence-corrected chi connectivity index (χ2v) is 17.7. The predicted molar refractivity (Wildman–Crippen MR) is 225 cm³/mol. The molecule has 13 nitrogen and oxygen atoms in total. The van der Waals surface area contributed by atoms with Gasteiger partial charge in [-0.1, -0.05) is 160 Å². The molecule has 0 spiro atoms. The number of aliphatic hydroxyl groups excluding tert-OH is 1. The van der Waals surface area contributed by atoms with Crippen LogP contribution in [0.3, 0.4) is 0 Å². The molecule has 0 aliphatic carbocycles. The molecule has 0 amide bonds. The van der Waals surface area contributed by atoms with E-state index in [0.29, 0.717) is 12.8 Å². The lowest BCUT2D eigenvalue weighted by Gasteiger charge is -2.20. The number of esters is 2. The third-order valence-electron chi connectivity index (χ3n) is 9.33. The van der Waals surface area contributed by atoms with Crippen LogP contribution in [-0.2, 0) is 41.8 Å². The zero-order chi connectivity index (χ0) is 42.3. The normalized spacial score (nSPS) is 14.3. The fraction of sp³-hybridized carbons (Fsp3) is 0.857. The fourth-order valence-corrected chi connectivity index (χ4v) is 7.12. The minimum atomic E-state index is -4.86. The fourth-order valence-electron chi connectivity index (χ4n) is 5.97. The molecule has 0 aromatic carbocycles. The lowest BCUT2D eigenvalue weighted by molar-refractivity contribution is -0.161. The highest BCUT2D eigenvalue weighted by atomic mass is 31.2. The minimum Gasteiger partial charge on any atom is -0.462 e. The van der Waals surface area contributed by atoms with Gasteiger partial charge in [0.25, 0.3) is 0 Å². The van der Waals surface area contributed by atoms with Gasteiger partial charge in [-0.3, -0.25) is 23.2 Å². The van der Waals surface area contributed by atoms with Gasteiger partial charge in [0.05, 0.1) is 19.8 Å². The average Bonchev–Trinajstić information content (AvgIpc) is 3.17. The van der Waals surface area contributed by atoms with E-state index in [1.165, 1.54) is 89.9 Å². The van der Waals surface area contributed by atoms with Crippen LogP contribution < -0.4 is 0 Å². The molecule has 0 rings (SSSR count). The maximum Gasteiger partial charge on any atom is 0.472 e. The van der Waals surface area contributed by atoms with Crippen LogP contribution in [0.4, 0.5) is 0 Å². The van der Waals surface area contributed by atoms with Gasteiger partial charge in [-0.25, -0.2) is 9.13 Å². The summed E-state index contributed by atoms with van der Waals surface area (Å²) in [4.78, 5) is 52.7. The number of rotatable bonds is 42. The monoisotopic (exact) mass is 855 g/mol. The SMILES string of the molecule is CCCCC/C=C\C/C=C\CCCCCCCC(=O)O[C@H](COC(=O)CCCCCCCCCCCCCCCCC)COP(=O)(O)OC[C@@H](O)COP(=O)(O)O. The van der Waals surface area contributed by atoms with Crippen molar-refractivity contribution in [2.45, 2.75) is 206 Å². The maximum atomic E-state index is 12.6. The number of carbonyl (C=O) groups is 2. The van der Waals surface area contributed by atoms with Crippen LogP contribution in [0.25, 0.3) is 0 Å². The van der Waals surface area contributed by atoms with E-state index < -0.39 is 59.6 Å². The minimum absolute atomic E-state index is 0.118. The van der Waals surface area contributed by atoms with Gasteiger partial charge in [-0.15, -0.1) is 0 Å². The molecule has 0 aromatic heterocycles. The first-order valence-corrected chi connectivity index (χ1v) is 25.1. The number of allylic oxidation sites excluding steroid dienone is 4. The first-order valence-electron chi connectivity index (χ1n) is 22.0. The molecule has 0 saturated heterocycles. The van der Waals surface area contributed by atoms with Gasteiger partial charge in [0, 0.05) is 12.8 Å². The highest BCUT2D eigenvalue weighted by Gasteiger charge is 2.28. The zero-order valence-corrected chi connectivity index (χ0v) is 37.2. The summed E-state index contributed by atoms with van der Waals surface area (Å²) in [6.07, 6.45) is 35.9. The molecule has 57 heavy (non-hydrogen) atoms. The van der Waals surface area contributed by atoms with Gasteiger partial charge in [-0.2, -0.15) is 0 Å². The van der Waals surface area contributed by atoms with Crippen molar-refractivity contribution in [3.05, 3.63) is 24.3 Å². The number of phosphoric acid groups is 2. The van der Waals surface area contributed by atoms with E-state index in [4.69, 9.17) is 23.8 Å². The van der Waals surface area contributed by atoms with E-state index >= 15 is 0 Å². The molecule has 3 atom stereocenters. The summed E-state index contributed by atoms with van der Waals surface area (Å²) < 4.78 is 47.8. The van der Waals surface area contributed by atoms with E-state index in [9.17, 15) is 28.7 Å². The quantitative estimate of drug-likeness (QED) is 0.0196. The Hall–Kier alpha value is -1.40.